The maximum atomic E-state index is 6.03. The van der Waals surface area contributed by atoms with Crippen molar-refractivity contribution < 1.29 is 4.74 Å². The van der Waals surface area contributed by atoms with Crippen LogP contribution in [0.3, 0.4) is 0 Å². The highest BCUT2D eigenvalue weighted by atomic mass is 16.5. The molecule has 4 heteroatoms. The van der Waals surface area contributed by atoms with Crippen LogP contribution in [0.1, 0.15) is 26.7 Å². The van der Waals surface area contributed by atoms with Crippen LogP contribution in [0.4, 0.5) is 0 Å². The highest BCUT2D eigenvalue weighted by Crippen LogP contribution is 2.40. The zero-order valence-electron chi connectivity index (χ0n) is 11.6. The van der Waals surface area contributed by atoms with Crippen LogP contribution in [0.15, 0.2) is 0 Å². The van der Waals surface area contributed by atoms with E-state index < -0.39 is 0 Å². The van der Waals surface area contributed by atoms with Gasteiger partial charge in [-0.3, -0.25) is 9.80 Å². The quantitative estimate of drug-likeness (QED) is 0.782. The number of nitrogens with two attached hydrogens (primary N) is 1. The summed E-state index contributed by atoms with van der Waals surface area (Å²) in [5.74, 6) is 0. The van der Waals surface area contributed by atoms with Crippen LogP contribution < -0.4 is 5.73 Å². The minimum absolute atomic E-state index is 0.213. The summed E-state index contributed by atoms with van der Waals surface area (Å²) in [5.41, 5.74) is 6.24. The van der Waals surface area contributed by atoms with Gasteiger partial charge in [-0.1, -0.05) is 0 Å². The van der Waals surface area contributed by atoms with Crippen LogP contribution in [-0.4, -0.2) is 67.3 Å². The number of hydrogen-bond acceptors (Lipinski definition) is 4. The Morgan fingerprint density at radius 1 is 1.24 bits per heavy atom. The van der Waals surface area contributed by atoms with Crippen molar-refractivity contribution in [1.82, 2.24) is 9.80 Å². The first-order valence-corrected chi connectivity index (χ1v) is 6.72. The Labute approximate surface area is 105 Å². The van der Waals surface area contributed by atoms with Crippen LogP contribution in [-0.2, 0) is 4.74 Å². The Hall–Kier alpha value is -0.160. The fraction of sp³-hybridized carbons (Fsp3) is 1.00. The molecule has 0 aromatic heterocycles. The van der Waals surface area contributed by atoms with Crippen molar-refractivity contribution in [2.24, 2.45) is 5.73 Å². The molecule has 2 rings (SSSR count). The van der Waals surface area contributed by atoms with E-state index in [2.05, 4.69) is 30.7 Å². The molecule has 0 aromatic rings. The Bertz CT molecular complexity index is 253. The van der Waals surface area contributed by atoms with Gasteiger partial charge in [0.2, 0.25) is 0 Å². The molecule has 0 bridgehead atoms. The van der Waals surface area contributed by atoms with Crippen molar-refractivity contribution in [3.63, 3.8) is 0 Å². The summed E-state index contributed by atoms with van der Waals surface area (Å²) in [7, 11) is 4.03. The van der Waals surface area contributed by atoms with Crippen molar-refractivity contribution in [2.75, 3.05) is 33.8 Å². The van der Waals surface area contributed by atoms with E-state index in [9.17, 15) is 0 Å². The second-order valence-corrected chi connectivity index (χ2v) is 5.96. The van der Waals surface area contributed by atoms with Gasteiger partial charge < -0.3 is 10.5 Å². The Morgan fingerprint density at radius 3 is 2.18 bits per heavy atom. The van der Waals surface area contributed by atoms with Gasteiger partial charge in [0.25, 0.3) is 0 Å². The summed E-state index contributed by atoms with van der Waals surface area (Å²) in [6.45, 7) is 7.64. The third kappa shape index (κ3) is 2.24. The van der Waals surface area contributed by atoms with Gasteiger partial charge in [-0.25, -0.2) is 0 Å². The average molecular weight is 241 g/mol. The maximum Gasteiger partial charge on any atom is 0.0607 e. The Morgan fingerprint density at radius 2 is 1.76 bits per heavy atom. The van der Waals surface area contributed by atoms with Crippen LogP contribution >= 0.6 is 0 Å². The molecule has 0 amide bonds. The van der Waals surface area contributed by atoms with Crippen molar-refractivity contribution in [3.8, 4) is 0 Å². The summed E-state index contributed by atoms with van der Waals surface area (Å²) in [5, 5.41) is 0. The minimum atomic E-state index is 0.213. The SMILES string of the molecule is COC1CC(CN)(N2CC(C)N(C)C(C)C2)C1. The van der Waals surface area contributed by atoms with Gasteiger partial charge >= 0.3 is 0 Å². The molecule has 4 nitrogen and oxygen atoms in total. The lowest BCUT2D eigenvalue weighted by Crippen LogP contribution is -2.69. The van der Waals surface area contributed by atoms with E-state index in [1.165, 1.54) is 0 Å². The molecular weight excluding hydrogens is 214 g/mol. The second kappa shape index (κ2) is 4.84. The summed E-state index contributed by atoms with van der Waals surface area (Å²) in [4.78, 5) is 5.07. The standard InChI is InChI=1S/C13H27N3O/c1-10-7-16(8-11(2)15(10)3)13(9-14)5-12(6-13)17-4/h10-12H,5-9,14H2,1-4H3. The lowest BCUT2D eigenvalue weighted by Gasteiger charge is -2.57. The predicted molar refractivity (Wildman–Crippen MR) is 70.1 cm³/mol. The number of ether oxygens (including phenoxy) is 1. The highest BCUT2D eigenvalue weighted by Gasteiger charge is 2.49. The fourth-order valence-corrected chi connectivity index (χ4v) is 3.30. The molecule has 100 valence electrons. The van der Waals surface area contributed by atoms with E-state index >= 15 is 0 Å². The largest absolute Gasteiger partial charge is 0.381 e. The van der Waals surface area contributed by atoms with Gasteiger partial charge in [-0.15, -0.1) is 0 Å². The first-order valence-electron chi connectivity index (χ1n) is 6.72. The predicted octanol–water partition coefficient (Wildman–Crippen LogP) is 0.517. The Kier molecular flexibility index (Phi) is 3.78. The molecule has 0 spiro atoms. The number of hydrogen-bond donors (Lipinski definition) is 1. The lowest BCUT2D eigenvalue weighted by molar-refractivity contribution is -0.112. The van der Waals surface area contributed by atoms with Crippen molar-refractivity contribution in [3.05, 3.63) is 0 Å². The number of methoxy groups -OCH3 is 1. The molecule has 1 saturated heterocycles. The smallest absolute Gasteiger partial charge is 0.0607 e. The monoisotopic (exact) mass is 241 g/mol. The number of piperazine rings is 1. The van der Waals surface area contributed by atoms with Crippen LogP contribution in [0.5, 0.6) is 0 Å². The van der Waals surface area contributed by atoms with Crippen molar-refractivity contribution >= 4 is 0 Å². The van der Waals surface area contributed by atoms with Gasteiger partial charge in [0.05, 0.1) is 6.10 Å². The first kappa shape index (κ1) is 13.3. The van der Waals surface area contributed by atoms with Gasteiger partial charge in [0, 0.05) is 44.4 Å². The number of likely N-dealkylation sites (N-methyl/N-ethyl adjacent to an activating group) is 1. The van der Waals surface area contributed by atoms with Gasteiger partial charge in [0.15, 0.2) is 0 Å². The van der Waals surface area contributed by atoms with Gasteiger partial charge in [-0.05, 0) is 33.7 Å². The first-order chi connectivity index (χ1) is 8.02. The van der Waals surface area contributed by atoms with Crippen LogP contribution in [0, 0.1) is 0 Å². The number of rotatable bonds is 3. The van der Waals surface area contributed by atoms with E-state index in [0.29, 0.717) is 18.2 Å². The maximum absolute atomic E-state index is 6.03. The summed E-state index contributed by atoms with van der Waals surface area (Å²) in [6, 6.07) is 1.23. The lowest BCUT2D eigenvalue weighted by atomic mass is 9.72. The van der Waals surface area contributed by atoms with Gasteiger partial charge in [-0.2, -0.15) is 0 Å². The molecule has 1 aliphatic carbocycles. The molecule has 1 saturated carbocycles. The van der Waals surface area contributed by atoms with E-state index in [4.69, 9.17) is 10.5 Å². The third-order valence-corrected chi connectivity index (χ3v) is 4.96. The van der Waals surface area contributed by atoms with Crippen molar-refractivity contribution in [1.29, 1.82) is 0 Å². The van der Waals surface area contributed by atoms with E-state index in [1.54, 1.807) is 7.11 Å². The molecule has 0 radical (unpaired) electrons. The molecule has 2 N–H and O–H groups in total. The average Bonchev–Trinajstić information content (AvgIpc) is 2.25. The zero-order valence-corrected chi connectivity index (χ0v) is 11.6. The second-order valence-electron chi connectivity index (χ2n) is 5.96. The van der Waals surface area contributed by atoms with Crippen LogP contribution in [0.2, 0.25) is 0 Å². The fourth-order valence-electron chi connectivity index (χ4n) is 3.30. The molecule has 2 fully saturated rings. The summed E-state index contributed by atoms with van der Waals surface area (Å²) in [6.07, 6.45) is 2.62. The molecule has 1 aliphatic heterocycles. The summed E-state index contributed by atoms with van der Waals surface area (Å²) >= 11 is 0. The zero-order chi connectivity index (χ0) is 12.6. The molecule has 17 heavy (non-hydrogen) atoms. The van der Waals surface area contributed by atoms with E-state index in [-0.39, 0.29) is 5.54 Å². The molecule has 2 aliphatic rings. The van der Waals surface area contributed by atoms with E-state index in [0.717, 1.165) is 32.5 Å². The highest BCUT2D eigenvalue weighted by molar-refractivity contribution is 5.06. The molecular formula is C13H27N3O. The normalized spacial score (nSPS) is 44.6. The van der Waals surface area contributed by atoms with Gasteiger partial charge in [0.1, 0.15) is 0 Å². The van der Waals surface area contributed by atoms with Crippen molar-refractivity contribution in [2.45, 2.75) is 50.4 Å². The third-order valence-electron chi connectivity index (χ3n) is 4.96. The molecule has 2 unspecified atom stereocenters. The van der Waals surface area contributed by atoms with Crippen LogP contribution in [0.25, 0.3) is 0 Å². The molecule has 1 heterocycles. The Balaban J connectivity index is 2.02. The minimum Gasteiger partial charge on any atom is -0.381 e. The number of nitrogens with zero attached hydrogens (tertiary/aromatic N) is 2. The van der Waals surface area contributed by atoms with E-state index in [1.807, 2.05) is 0 Å². The molecule has 0 aromatic carbocycles. The summed E-state index contributed by atoms with van der Waals surface area (Å²) < 4.78 is 5.42. The molecule has 2 atom stereocenters. The topological polar surface area (TPSA) is 41.7 Å².